The van der Waals surface area contributed by atoms with Gasteiger partial charge in [-0.3, -0.25) is 9.59 Å². The molecule has 0 radical (unpaired) electrons. The summed E-state index contributed by atoms with van der Waals surface area (Å²) >= 11 is 6.03. The van der Waals surface area contributed by atoms with E-state index in [-0.39, 0.29) is 17.9 Å². The molecule has 2 amide bonds. The van der Waals surface area contributed by atoms with Crippen LogP contribution in [0.25, 0.3) is 0 Å². The van der Waals surface area contributed by atoms with Gasteiger partial charge in [0.25, 0.3) is 11.8 Å². The molecule has 130 valence electrons. The van der Waals surface area contributed by atoms with Crippen molar-refractivity contribution >= 4 is 29.1 Å². The Morgan fingerprint density at radius 3 is 2.72 bits per heavy atom. The second-order valence-electron chi connectivity index (χ2n) is 5.86. The molecule has 3 rings (SSSR count). The van der Waals surface area contributed by atoms with E-state index in [1.807, 2.05) is 0 Å². The Bertz CT molecular complexity index is 773. The highest BCUT2D eigenvalue weighted by molar-refractivity contribution is 6.34. The average Bonchev–Trinajstić information content (AvgIpc) is 3.14. The molecule has 2 aromatic rings. The van der Waals surface area contributed by atoms with Crippen molar-refractivity contribution in [1.29, 1.82) is 0 Å². The molecule has 5 nitrogen and oxygen atoms in total. The van der Waals surface area contributed by atoms with Crippen molar-refractivity contribution in [2.24, 2.45) is 0 Å². The fourth-order valence-electron chi connectivity index (χ4n) is 2.70. The third-order valence-corrected chi connectivity index (χ3v) is 4.34. The Balaban J connectivity index is 1.63. The predicted molar refractivity (Wildman–Crippen MR) is 97.2 cm³/mol. The molecule has 1 saturated heterocycles. The number of halogens is 1. The van der Waals surface area contributed by atoms with Crippen LogP contribution in [0.15, 0.2) is 48.5 Å². The quantitative estimate of drug-likeness (QED) is 0.859. The summed E-state index contributed by atoms with van der Waals surface area (Å²) in [6, 6.07) is 13.6. The van der Waals surface area contributed by atoms with Gasteiger partial charge in [0.15, 0.2) is 0 Å². The number of anilines is 1. The van der Waals surface area contributed by atoms with Gasteiger partial charge >= 0.3 is 0 Å². The van der Waals surface area contributed by atoms with Crippen molar-refractivity contribution in [3.8, 4) is 0 Å². The van der Waals surface area contributed by atoms with E-state index in [1.54, 1.807) is 48.5 Å². The highest BCUT2D eigenvalue weighted by Gasteiger charge is 2.17. The predicted octanol–water partition coefficient (Wildman–Crippen LogP) is 3.50. The third-order valence-electron chi connectivity index (χ3n) is 4.02. The maximum Gasteiger partial charge on any atom is 0.257 e. The van der Waals surface area contributed by atoms with Crippen LogP contribution < -0.4 is 10.6 Å². The maximum atomic E-state index is 12.3. The number of hydrogen-bond donors (Lipinski definition) is 2. The molecule has 0 aromatic heterocycles. The minimum absolute atomic E-state index is 0.0899. The Morgan fingerprint density at radius 1 is 1.12 bits per heavy atom. The molecule has 1 heterocycles. The third kappa shape index (κ3) is 4.59. The molecule has 1 fully saturated rings. The standard InChI is InChI=1S/C19H19ClN2O3/c20-17-9-2-1-8-16(17)19(24)22-14-6-3-5-13(11-14)18(23)21-12-15-7-4-10-25-15/h1-3,5-6,8-9,11,15H,4,7,10,12H2,(H,21,23)(H,22,24). The van der Waals surface area contributed by atoms with Crippen LogP contribution in [0.4, 0.5) is 5.69 Å². The molecule has 1 aliphatic rings. The minimum Gasteiger partial charge on any atom is -0.376 e. The Hall–Kier alpha value is -2.37. The van der Waals surface area contributed by atoms with Crippen molar-refractivity contribution in [1.82, 2.24) is 5.32 Å². The number of nitrogens with one attached hydrogen (secondary N) is 2. The van der Waals surface area contributed by atoms with Crippen LogP contribution in [0.3, 0.4) is 0 Å². The first-order valence-corrected chi connectivity index (χ1v) is 8.57. The highest BCUT2D eigenvalue weighted by atomic mass is 35.5. The summed E-state index contributed by atoms with van der Waals surface area (Å²) in [5, 5.41) is 6.01. The van der Waals surface area contributed by atoms with Gasteiger partial charge in [-0.2, -0.15) is 0 Å². The number of carbonyl (C=O) groups is 2. The summed E-state index contributed by atoms with van der Waals surface area (Å²) < 4.78 is 5.49. The van der Waals surface area contributed by atoms with Crippen LogP contribution in [-0.2, 0) is 4.74 Å². The molecule has 0 aliphatic carbocycles. The second-order valence-corrected chi connectivity index (χ2v) is 6.27. The summed E-state index contributed by atoms with van der Waals surface area (Å²) in [5.41, 5.74) is 1.40. The molecule has 1 unspecified atom stereocenters. The molecule has 0 bridgehead atoms. The molecule has 1 atom stereocenters. The lowest BCUT2D eigenvalue weighted by molar-refractivity contribution is 0.0857. The summed E-state index contributed by atoms with van der Waals surface area (Å²) in [4.78, 5) is 24.6. The fourth-order valence-corrected chi connectivity index (χ4v) is 2.92. The number of amides is 2. The van der Waals surface area contributed by atoms with Crippen molar-refractivity contribution in [3.63, 3.8) is 0 Å². The second kappa shape index (κ2) is 8.14. The molecular formula is C19H19ClN2O3. The molecule has 2 aromatic carbocycles. The van der Waals surface area contributed by atoms with Gasteiger partial charge in [0.1, 0.15) is 0 Å². The molecule has 25 heavy (non-hydrogen) atoms. The number of hydrogen-bond acceptors (Lipinski definition) is 3. The van der Waals surface area contributed by atoms with Gasteiger partial charge in [-0.05, 0) is 43.2 Å². The Kier molecular flexibility index (Phi) is 5.68. The van der Waals surface area contributed by atoms with Gasteiger partial charge in [-0.25, -0.2) is 0 Å². The van der Waals surface area contributed by atoms with Crippen molar-refractivity contribution < 1.29 is 14.3 Å². The van der Waals surface area contributed by atoms with Crippen LogP contribution in [0.2, 0.25) is 5.02 Å². The molecule has 6 heteroatoms. The zero-order chi connectivity index (χ0) is 17.6. The maximum absolute atomic E-state index is 12.3. The smallest absolute Gasteiger partial charge is 0.257 e. The minimum atomic E-state index is -0.317. The molecule has 0 spiro atoms. The number of benzene rings is 2. The zero-order valence-corrected chi connectivity index (χ0v) is 14.4. The van der Waals surface area contributed by atoms with Gasteiger partial charge in [0.2, 0.25) is 0 Å². The van der Waals surface area contributed by atoms with Crippen molar-refractivity contribution in [2.45, 2.75) is 18.9 Å². The zero-order valence-electron chi connectivity index (χ0n) is 13.6. The first kappa shape index (κ1) is 17.5. The normalized spacial score (nSPS) is 16.4. The first-order chi connectivity index (χ1) is 12.1. The lowest BCUT2D eigenvalue weighted by atomic mass is 10.1. The van der Waals surface area contributed by atoms with E-state index in [1.165, 1.54) is 0 Å². The van der Waals surface area contributed by atoms with Gasteiger partial charge in [0.05, 0.1) is 16.7 Å². The van der Waals surface area contributed by atoms with Crippen LogP contribution in [0.5, 0.6) is 0 Å². The van der Waals surface area contributed by atoms with Crippen molar-refractivity contribution in [2.75, 3.05) is 18.5 Å². The molecule has 0 saturated carbocycles. The van der Waals surface area contributed by atoms with E-state index in [2.05, 4.69) is 10.6 Å². The molecular weight excluding hydrogens is 340 g/mol. The lowest BCUT2D eigenvalue weighted by Gasteiger charge is -2.12. The summed E-state index contributed by atoms with van der Waals surface area (Å²) in [5.74, 6) is -0.508. The van der Waals surface area contributed by atoms with Crippen LogP contribution in [-0.4, -0.2) is 31.1 Å². The Morgan fingerprint density at radius 2 is 1.96 bits per heavy atom. The van der Waals surface area contributed by atoms with Gasteiger partial charge in [0, 0.05) is 24.4 Å². The van der Waals surface area contributed by atoms with Crippen LogP contribution in [0, 0.1) is 0 Å². The number of ether oxygens (including phenoxy) is 1. The Labute approximate surface area is 151 Å². The number of carbonyl (C=O) groups excluding carboxylic acids is 2. The fraction of sp³-hybridized carbons (Fsp3) is 0.263. The van der Waals surface area contributed by atoms with Crippen molar-refractivity contribution in [3.05, 3.63) is 64.7 Å². The first-order valence-electron chi connectivity index (χ1n) is 8.19. The van der Waals surface area contributed by atoms with E-state index >= 15 is 0 Å². The summed E-state index contributed by atoms with van der Waals surface area (Å²) in [7, 11) is 0. The topological polar surface area (TPSA) is 67.4 Å². The summed E-state index contributed by atoms with van der Waals surface area (Å²) in [6.45, 7) is 1.25. The van der Waals surface area contributed by atoms with Gasteiger partial charge in [-0.15, -0.1) is 0 Å². The van der Waals surface area contributed by atoms with Gasteiger partial charge < -0.3 is 15.4 Å². The molecule has 1 aliphatic heterocycles. The van der Waals surface area contributed by atoms with E-state index in [0.717, 1.165) is 19.4 Å². The van der Waals surface area contributed by atoms with E-state index in [9.17, 15) is 9.59 Å². The lowest BCUT2D eigenvalue weighted by Crippen LogP contribution is -2.31. The summed E-state index contributed by atoms with van der Waals surface area (Å²) in [6.07, 6.45) is 2.09. The number of rotatable bonds is 5. The molecule has 2 N–H and O–H groups in total. The average molecular weight is 359 g/mol. The monoisotopic (exact) mass is 358 g/mol. The van der Waals surface area contributed by atoms with E-state index in [0.29, 0.717) is 28.4 Å². The van der Waals surface area contributed by atoms with E-state index < -0.39 is 0 Å². The van der Waals surface area contributed by atoms with E-state index in [4.69, 9.17) is 16.3 Å². The SMILES string of the molecule is O=C(NCC1CCCO1)c1cccc(NC(=O)c2ccccc2Cl)c1. The van der Waals surface area contributed by atoms with Crippen LogP contribution in [0.1, 0.15) is 33.6 Å². The highest BCUT2D eigenvalue weighted by Crippen LogP contribution is 2.18. The van der Waals surface area contributed by atoms with Gasteiger partial charge in [-0.1, -0.05) is 29.8 Å². The largest absolute Gasteiger partial charge is 0.376 e. The van der Waals surface area contributed by atoms with Crippen LogP contribution >= 0.6 is 11.6 Å².